The Labute approximate surface area is 250 Å². The first-order valence-corrected chi connectivity index (χ1v) is 15.6. The molecule has 4 rings (SSSR count). The van der Waals surface area contributed by atoms with Gasteiger partial charge in [0, 0.05) is 17.6 Å². The maximum absolute atomic E-state index is 14.0. The van der Waals surface area contributed by atoms with Crippen molar-refractivity contribution in [2.45, 2.75) is 62.6 Å². The van der Waals surface area contributed by atoms with Crippen molar-refractivity contribution in [2.75, 3.05) is 10.8 Å². The summed E-state index contributed by atoms with van der Waals surface area (Å²) in [5.74, 6) is -1.66. The van der Waals surface area contributed by atoms with Crippen molar-refractivity contribution in [2.24, 2.45) is 0 Å². The molecule has 1 atom stereocenters. The number of hydrogen-bond acceptors (Lipinski definition) is 4. The topological polar surface area (TPSA) is 86.8 Å². The van der Waals surface area contributed by atoms with Gasteiger partial charge in [0.2, 0.25) is 11.8 Å². The van der Waals surface area contributed by atoms with Crippen molar-refractivity contribution in [3.05, 3.63) is 94.2 Å². The molecule has 3 aromatic rings. The minimum Gasteiger partial charge on any atom is -0.352 e. The van der Waals surface area contributed by atoms with Gasteiger partial charge in [-0.05, 0) is 67.8 Å². The summed E-state index contributed by atoms with van der Waals surface area (Å²) in [5, 5.41) is 3.29. The van der Waals surface area contributed by atoms with Gasteiger partial charge < -0.3 is 10.2 Å². The molecule has 0 radical (unpaired) electrons. The molecule has 41 heavy (non-hydrogen) atoms. The number of amides is 2. The summed E-state index contributed by atoms with van der Waals surface area (Å²) in [6, 6.07) is 17.0. The Bertz CT molecular complexity index is 1470. The fourth-order valence-corrected chi connectivity index (χ4v) is 6.55. The molecule has 11 heteroatoms. The van der Waals surface area contributed by atoms with Crippen LogP contribution in [0.1, 0.15) is 44.6 Å². The van der Waals surface area contributed by atoms with Gasteiger partial charge in [-0.3, -0.25) is 13.9 Å². The fourth-order valence-electron chi connectivity index (χ4n) is 4.83. The van der Waals surface area contributed by atoms with Crippen LogP contribution in [0.25, 0.3) is 0 Å². The average Bonchev–Trinajstić information content (AvgIpc) is 2.97. The van der Waals surface area contributed by atoms with Crippen LogP contribution in [0.2, 0.25) is 10.0 Å². The van der Waals surface area contributed by atoms with E-state index in [1.807, 2.05) is 0 Å². The number of halogens is 3. The lowest BCUT2D eigenvalue weighted by Gasteiger charge is -2.33. The van der Waals surface area contributed by atoms with E-state index in [9.17, 15) is 22.4 Å². The normalized spacial score (nSPS) is 14.7. The van der Waals surface area contributed by atoms with Crippen molar-refractivity contribution >= 4 is 50.7 Å². The van der Waals surface area contributed by atoms with Crippen molar-refractivity contribution in [1.29, 1.82) is 0 Å². The van der Waals surface area contributed by atoms with E-state index in [1.54, 1.807) is 49.4 Å². The third kappa shape index (κ3) is 7.78. The highest BCUT2D eigenvalue weighted by atomic mass is 35.5. The zero-order valence-corrected chi connectivity index (χ0v) is 24.9. The van der Waals surface area contributed by atoms with Crippen LogP contribution in [-0.4, -0.2) is 43.8 Å². The smallest absolute Gasteiger partial charge is 0.264 e. The first kappa shape index (κ1) is 30.8. The van der Waals surface area contributed by atoms with Gasteiger partial charge >= 0.3 is 0 Å². The van der Waals surface area contributed by atoms with Crippen LogP contribution in [0, 0.1) is 5.82 Å². The van der Waals surface area contributed by atoms with E-state index in [0.29, 0.717) is 10.6 Å². The van der Waals surface area contributed by atoms with E-state index in [4.69, 9.17) is 23.2 Å². The minimum absolute atomic E-state index is 0.0133. The molecular formula is C30H32Cl2FN3O4S. The molecule has 2 amide bonds. The van der Waals surface area contributed by atoms with E-state index in [-0.39, 0.29) is 34.1 Å². The molecule has 1 saturated carbocycles. The predicted molar refractivity (Wildman–Crippen MR) is 159 cm³/mol. The van der Waals surface area contributed by atoms with Gasteiger partial charge in [-0.15, -0.1) is 0 Å². The minimum atomic E-state index is -4.27. The average molecular weight is 621 g/mol. The van der Waals surface area contributed by atoms with Gasteiger partial charge in [-0.1, -0.05) is 72.8 Å². The highest BCUT2D eigenvalue weighted by Crippen LogP contribution is 2.28. The molecule has 0 saturated heterocycles. The molecule has 0 unspecified atom stereocenters. The molecule has 0 aliphatic heterocycles. The van der Waals surface area contributed by atoms with E-state index in [2.05, 4.69) is 5.32 Å². The quantitative estimate of drug-likeness (QED) is 0.293. The van der Waals surface area contributed by atoms with Crippen LogP contribution in [0.4, 0.5) is 10.1 Å². The molecule has 0 heterocycles. The molecule has 3 aromatic carbocycles. The maximum atomic E-state index is 14.0. The fraction of sp³-hybridized carbons (Fsp3) is 0.333. The lowest BCUT2D eigenvalue weighted by atomic mass is 9.95. The largest absolute Gasteiger partial charge is 0.352 e. The van der Waals surface area contributed by atoms with Crippen LogP contribution in [0.3, 0.4) is 0 Å². The van der Waals surface area contributed by atoms with Gasteiger partial charge in [0.05, 0.1) is 15.6 Å². The summed E-state index contributed by atoms with van der Waals surface area (Å²) >= 11 is 12.0. The van der Waals surface area contributed by atoms with E-state index >= 15 is 0 Å². The molecule has 0 spiro atoms. The predicted octanol–water partition coefficient (Wildman–Crippen LogP) is 6.19. The zero-order chi connectivity index (χ0) is 29.6. The standard InChI is InChI=1S/C30H32Cl2FN3O4S/c1-21(30(38)34-24-8-4-2-5-9-24)35(19-22-12-14-23(31)15-13-22)29(37)20-36(25-16-17-28(33)27(32)18-25)41(39,40)26-10-6-3-7-11-26/h3,6-7,10-18,21,24H,2,4-5,8-9,19-20H2,1H3,(H,34,38)/t21-/m0/s1. The number of benzene rings is 3. The highest BCUT2D eigenvalue weighted by molar-refractivity contribution is 7.92. The van der Waals surface area contributed by atoms with Crippen molar-refractivity contribution in [3.63, 3.8) is 0 Å². The van der Waals surface area contributed by atoms with Crippen LogP contribution < -0.4 is 9.62 Å². The zero-order valence-electron chi connectivity index (χ0n) is 22.6. The maximum Gasteiger partial charge on any atom is 0.264 e. The second-order valence-corrected chi connectivity index (χ2v) is 12.8. The van der Waals surface area contributed by atoms with Crippen LogP contribution in [0.5, 0.6) is 0 Å². The Hall–Kier alpha value is -3.14. The van der Waals surface area contributed by atoms with Crippen LogP contribution >= 0.6 is 23.2 Å². The Morgan fingerprint density at radius 3 is 2.27 bits per heavy atom. The molecule has 0 bridgehead atoms. The summed E-state index contributed by atoms with van der Waals surface area (Å²) in [7, 11) is -4.27. The van der Waals surface area contributed by atoms with E-state index < -0.39 is 34.3 Å². The summed E-state index contributed by atoms with van der Waals surface area (Å²) in [4.78, 5) is 28.6. The summed E-state index contributed by atoms with van der Waals surface area (Å²) in [6.45, 7) is 1.02. The second-order valence-electron chi connectivity index (χ2n) is 10.1. The molecule has 1 N–H and O–H groups in total. The molecule has 1 fully saturated rings. The van der Waals surface area contributed by atoms with Crippen LogP contribution in [-0.2, 0) is 26.2 Å². The summed E-state index contributed by atoms with van der Waals surface area (Å²) in [6.07, 6.45) is 4.93. The first-order valence-electron chi connectivity index (χ1n) is 13.4. The lowest BCUT2D eigenvalue weighted by Crippen LogP contribution is -2.53. The van der Waals surface area contributed by atoms with Gasteiger partial charge in [-0.25, -0.2) is 12.8 Å². The molecule has 7 nitrogen and oxygen atoms in total. The van der Waals surface area contributed by atoms with E-state index in [0.717, 1.165) is 48.5 Å². The third-order valence-electron chi connectivity index (χ3n) is 7.19. The Morgan fingerprint density at radius 1 is 0.976 bits per heavy atom. The number of carbonyl (C=O) groups is 2. The lowest BCUT2D eigenvalue weighted by molar-refractivity contribution is -0.139. The van der Waals surface area contributed by atoms with Crippen molar-refractivity contribution in [3.8, 4) is 0 Å². The number of nitrogens with zero attached hydrogens (tertiary/aromatic N) is 2. The SMILES string of the molecule is C[C@@H](C(=O)NC1CCCCC1)N(Cc1ccc(Cl)cc1)C(=O)CN(c1ccc(F)c(Cl)c1)S(=O)(=O)c1ccccc1. The molecule has 218 valence electrons. The van der Waals surface area contributed by atoms with Gasteiger partial charge in [0.1, 0.15) is 18.4 Å². The Balaban J connectivity index is 1.68. The van der Waals surface area contributed by atoms with Crippen LogP contribution in [0.15, 0.2) is 77.7 Å². The number of nitrogens with one attached hydrogen (secondary N) is 1. The highest BCUT2D eigenvalue weighted by Gasteiger charge is 2.33. The van der Waals surface area contributed by atoms with Crippen molar-refractivity contribution in [1.82, 2.24) is 10.2 Å². The molecular weight excluding hydrogens is 588 g/mol. The molecule has 1 aliphatic carbocycles. The number of hydrogen-bond donors (Lipinski definition) is 1. The number of rotatable bonds is 10. The number of carbonyl (C=O) groups excluding carboxylic acids is 2. The Kier molecular flexibility index (Phi) is 10.3. The molecule has 1 aliphatic rings. The third-order valence-corrected chi connectivity index (χ3v) is 9.52. The summed E-state index contributed by atoms with van der Waals surface area (Å²) < 4.78 is 42.4. The number of anilines is 1. The van der Waals surface area contributed by atoms with Gasteiger partial charge in [-0.2, -0.15) is 0 Å². The van der Waals surface area contributed by atoms with E-state index in [1.165, 1.54) is 23.1 Å². The molecule has 0 aromatic heterocycles. The monoisotopic (exact) mass is 619 g/mol. The first-order chi connectivity index (χ1) is 19.6. The second kappa shape index (κ2) is 13.7. The van der Waals surface area contributed by atoms with Crippen molar-refractivity contribution < 1.29 is 22.4 Å². The van der Waals surface area contributed by atoms with Gasteiger partial charge in [0.15, 0.2) is 0 Å². The number of sulfonamides is 1. The Morgan fingerprint density at radius 2 is 1.63 bits per heavy atom. The van der Waals surface area contributed by atoms with Gasteiger partial charge in [0.25, 0.3) is 10.0 Å². The summed E-state index contributed by atoms with van der Waals surface area (Å²) in [5.41, 5.74) is 0.724.